The second kappa shape index (κ2) is 4.02. The summed E-state index contributed by atoms with van der Waals surface area (Å²) >= 11 is 5.67. The molecule has 0 aliphatic carbocycles. The lowest BCUT2D eigenvalue weighted by molar-refractivity contribution is -0.104. The molecule has 0 aliphatic rings. The summed E-state index contributed by atoms with van der Waals surface area (Å²) in [7, 11) is 0. The van der Waals surface area contributed by atoms with Gasteiger partial charge in [0.15, 0.2) is 0 Å². The van der Waals surface area contributed by atoms with Crippen LogP contribution in [0, 0.1) is 5.82 Å². The summed E-state index contributed by atoms with van der Waals surface area (Å²) in [6.45, 7) is 0. The normalized spacial score (nSPS) is 11.3. The van der Waals surface area contributed by atoms with E-state index < -0.39 is 0 Å². The Morgan fingerprint density at radius 3 is 2.42 bits per heavy atom. The first-order valence-corrected chi connectivity index (χ1v) is 3.69. The van der Waals surface area contributed by atoms with Gasteiger partial charge in [-0.25, -0.2) is 4.39 Å². The lowest BCUT2D eigenvalue weighted by atomic mass is 10.2. The molecule has 0 radical (unpaired) electrons. The number of carbonyl (C=O) groups is 1. The fraction of sp³-hybridized carbons (Fsp3) is 0. The van der Waals surface area contributed by atoms with Gasteiger partial charge in [0, 0.05) is 0 Å². The molecular weight excluding hydrogens is 179 g/mol. The van der Waals surface area contributed by atoms with Gasteiger partial charge in [0.2, 0.25) is 0 Å². The summed E-state index contributed by atoms with van der Waals surface area (Å²) in [6.07, 6.45) is 1.81. The smallest absolute Gasteiger partial charge is 0.144 e. The minimum absolute atomic E-state index is 0.310. The SMILES string of the molecule is O=C/C=C(/Cl)c1ccc(F)cc1. The van der Waals surface area contributed by atoms with Gasteiger partial charge >= 0.3 is 0 Å². The molecule has 0 aromatic heterocycles. The van der Waals surface area contributed by atoms with Crippen molar-refractivity contribution in [2.45, 2.75) is 0 Å². The molecule has 0 unspecified atom stereocenters. The molecule has 1 rings (SSSR count). The van der Waals surface area contributed by atoms with Gasteiger partial charge in [-0.2, -0.15) is 0 Å². The zero-order chi connectivity index (χ0) is 8.97. The topological polar surface area (TPSA) is 17.1 Å². The van der Waals surface area contributed by atoms with Crippen molar-refractivity contribution in [2.24, 2.45) is 0 Å². The van der Waals surface area contributed by atoms with E-state index in [9.17, 15) is 9.18 Å². The summed E-state index contributed by atoms with van der Waals surface area (Å²) in [6, 6.07) is 5.60. The van der Waals surface area contributed by atoms with Crippen molar-refractivity contribution in [3.8, 4) is 0 Å². The summed E-state index contributed by atoms with van der Waals surface area (Å²) < 4.78 is 12.4. The lowest BCUT2D eigenvalue weighted by Crippen LogP contribution is -1.78. The summed E-state index contributed by atoms with van der Waals surface area (Å²) in [5.74, 6) is -0.325. The predicted octanol–water partition coefficient (Wildman–Crippen LogP) is 2.60. The Morgan fingerprint density at radius 2 is 1.92 bits per heavy atom. The van der Waals surface area contributed by atoms with E-state index in [0.29, 0.717) is 16.9 Å². The molecule has 0 spiro atoms. The Morgan fingerprint density at radius 1 is 1.33 bits per heavy atom. The van der Waals surface area contributed by atoms with Gasteiger partial charge in [0.25, 0.3) is 0 Å². The van der Waals surface area contributed by atoms with Crippen LogP contribution < -0.4 is 0 Å². The Hall–Kier alpha value is -1.15. The molecule has 0 fully saturated rings. The van der Waals surface area contributed by atoms with Crippen LogP contribution in [0.1, 0.15) is 5.56 Å². The summed E-state index contributed by atoms with van der Waals surface area (Å²) in [5.41, 5.74) is 0.630. The van der Waals surface area contributed by atoms with Gasteiger partial charge in [-0.05, 0) is 23.8 Å². The number of carbonyl (C=O) groups excluding carboxylic acids is 1. The van der Waals surface area contributed by atoms with E-state index in [1.807, 2.05) is 0 Å². The van der Waals surface area contributed by atoms with Crippen molar-refractivity contribution < 1.29 is 9.18 Å². The Bertz CT molecular complexity index is 303. The van der Waals surface area contributed by atoms with Gasteiger partial charge < -0.3 is 0 Å². The monoisotopic (exact) mass is 184 g/mol. The van der Waals surface area contributed by atoms with Crippen LogP contribution >= 0.6 is 11.6 Å². The molecule has 1 nitrogen and oxygen atoms in total. The standard InChI is InChI=1S/C9H6ClFO/c10-9(5-6-12)7-1-3-8(11)4-2-7/h1-6H/b9-5+. The highest BCUT2D eigenvalue weighted by atomic mass is 35.5. The average molecular weight is 185 g/mol. The molecule has 0 aliphatic heterocycles. The average Bonchev–Trinajstić information content (AvgIpc) is 2.06. The van der Waals surface area contributed by atoms with Gasteiger partial charge in [-0.15, -0.1) is 0 Å². The van der Waals surface area contributed by atoms with Crippen LogP contribution in [0.15, 0.2) is 30.3 Å². The van der Waals surface area contributed by atoms with E-state index >= 15 is 0 Å². The molecular formula is C9H6ClFO. The van der Waals surface area contributed by atoms with E-state index in [0.717, 1.165) is 0 Å². The Balaban J connectivity index is 2.97. The number of hydrogen-bond acceptors (Lipinski definition) is 1. The molecule has 0 bridgehead atoms. The molecule has 0 amide bonds. The maximum absolute atomic E-state index is 12.4. The third kappa shape index (κ3) is 2.17. The second-order valence-corrected chi connectivity index (χ2v) is 2.56. The van der Waals surface area contributed by atoms with Crippen LogP contribution in [-0.2, 0) is 4.79 Å². The van der Waals surface area contributed by atoms with Crippen molar-refractivity contribution in [2.75, 3.05) is 0 Å². The van der Waals surface area contributed by atoms with E-state index in [1.54, 1.807) is 0 Å². The molecule has 0 heterocycles. The van der Waals surface area contributed by atoms with E-state index in [-0.39, 0.29) is 5.82 Å². The van der Waals surface area contributed by atoms with Gasteiger partial charge in [-0.1, -0.05) is 23.7 Å². The second-order valence-electron chi connectivity index (χ2n) is 2.16. The molecule has 0 N–H and O–H groups in total. The van der Waals surface area contributed by atoms with Crippen molar-refractivity contribution in [1.29, 1.82) is 0 Å². The molecule has 3 heteroatoms. The highest BCUT2D eigenvalue weighted by Crippen LogP contribution is 2.17. The lowest BCUT2D eigenvalue weighted by Gasteiger charge is -1.95. The minimum atomic E-state index is -0.325. The van der Waals surface area contributed by atoms with Crippen molar-refractivity contribution in [1.82, 2.24) is 0 Å². The van der Waals surface area contributed by atoms with E-state index in [4.69, 9.17) is 11.6 Å². The van der Waals surface area contributed by atoms with Crippen molar-refractivity contribution in [3.63, 3.8) is 0 Å². The fourth-order valence-electron chi connectivity index (χ4n) is 0.765. The molecule has 0 atom stereocenters. The largest absolute Gasteiger partial charge is 0.299 e. The number of benzene rings is 1. The number of halogens is 2. The molecule has 0 saturated carbocycles. The highest BCUT2D eigenvalue weighted by molar-refractivity contribution is 6.49. The number of aldehydes is 1. The zero-order valence-corrected chi connectivity index (χ0v) is 6.88. The van der Waals surface area contributed by atoms with Gasteiger partial charge in [-0.3, -0.25) is 4.79 Å². The third-order valence-corrected chi connectivity index (χ3v) is 1.68. The molecule has 0 saturated heterocycles. The maximum atomic E-state index is 12.4. The summed E-state index contributed by atoms with van der Waals surface area (Å²) in [5, 5.41) is 0.310. The third-order valence-electron chi connectivity index (χ3n) is 1.33. The Labute approximate surface area is 74.5 Å². The fourth-order valence-corrected chi connectivity index (χ4v) is 0.942. The Kier molecular flexibility index (Phi) is 3.00. The first kappa shape index (κ1) is 8.94. The quantitative estimate of drug-likeness (QED) is 0.510. The molecule has 1 aromatic rings. The number of rotatable bonds is 2. The van der Waals surface area contributed by atoms with Crippen LogP contribution in [0.5, 0.6) is 0 Å². The predicted molar refractivity (Wildman–Crippen MR) is 46.3 cm³/mol. The summed E-state index contributed by atoms with van der Waals surface area (Å²) in [4.78, 5) is 10.0. The van der Waals surface area contributed by atoms with Crippen molar-refractivity contribution >= 4 is 22.9 Å². The first-order chi connectivity index (χ1) is 5.74. The van der Waals surface area contributed by atoms with Crippen LogP contribution in [-0.4, -0.2) is 6.29 Å². The van der Waals surface area contributed by atoms with E-state index in [1.165, 1.54) is 30.3 Å². The van der Waals surface area contributed by atoms with Crippen molar-refractivity contribution in [3.05, 3.63) is 41.7 Å². The van der Waals surface area contributed by atoms with E-state index in [2.05, 4.69) is 0 Å². The first-order valence-electron chi connectivity index (χ1n) is 3.31. The van der Waals surface area contributed by atoms with Gasteiger partial charge in [0.1, 0.15) is 12.1 Å². The molecule has 62 valence electrons. The van der Waals surface area contributed by atoms with Crippen LogP contribution in [0.3, 0.4) is 0 Å². The maximum Gasteiger partial charge on any atom is 0.144 e. The highest BCUT2D eigenvalue weighted by Gasteiger charge is 1.96. The molecule has 1 aromatic carbocycles. The van der Waals surface area contributed by atoms with Gasteiger partial charge in [0.05, 0.1) is 5.03 Å². The van der Waals surface area contributed by atoms with Crippen LogP contribution in [0.4, 0.5) is 4.39 Å². The van der Waals surface area contributed by atoms with Crippen LogP contribution in [0.2, 0.25) is 0 Å². The van der Waals surface area contributed by atoms with Crippen LogP contribution in [0.25, 0.3) is 5.03 Å². The molecule has 12 heavy (non-hydrogen) atoms. The number of hydrogen-bond donors (Lipinski definition) is 0. The minimum Gasteiger partial charge on any atom is -0.299 e. The number of allylic oxidation sites excluding steroid dienone is 1. The zero-order valence-electron chi connectivity index (χ0n) is 6.13.